The van der Waals surface area contributed by atoms with Crippen molar-refractivity contribution in [3.8, 4) is 16.8 Å². The van der Waals surface area contributed by atoms with E-state index < -0.39 is 0 Å². The number of hydrogen-bond acceptors (Lipinski definition) is 3. The van der Waals surface area contributed by atoms with Crippen LogP contribution in [0.5, 0.6) is 0 Å². The lowest BCUT2D eigenvalue weighted by Gasteiger charge is -2.30. The summed E-state index contributed by atoms with van der Waals surface area (Å²) in [5.74, 6) is 0. The molecule has 14 aromatic rings. The van der Waals surface area contributed by atoms with Crippen LogP contribution < -0.4 is 9.80 Å². The Labute approximate surface area is 404 Å². The van der Waals surface area contributed by atoms with Crippen molar-refractivity contribution in [1.29, 1.82) is 0 Å². The molecule has 0 unspecified atom stereocenters. The highest BCUT2D eigenvalue weighted by molar-refractivity contribution is 6.27. The third-order valence-corrected chi connectivity index (χ3v) is 14.1. The van der Waals surface area contributed by atoms with Gasteiger partial charge < -0.3 is 18.8 Å². The Kier molecular flexibility index (Phi) is 9.17. The van der Waals surface area contributed by atoms with Crippen molar-refractivity contribution in [2.45, 2.75) is 0 Å². The Hall–Kier alpha value is -9.38. The highest BCUT2D eigenvalue weighted by Gasteiger charge is 2.26. The summed E-state index contributed by atoms with van der Waals surface area (Å²) in [7, 11) is 0. The molecule has 0 aliphatic rings. The van der Waals surface area contributed by atoms with Crippen LogP contribution in [0, 0.1) is 0 Å². The van der Waals surface area contributed by atoms with E-state index in [1.54, 1.807) is 0 Å². The van der Waals surface area contributed by atoms with Crippen molar-refractivity contribution in [3.63, 3.8) is 0 Å². The molecule has 328 valence electrons. The Morgan fingerprint density at radius 1 is 0.300 bits per heavy atom. The van der Waals surface area contributed by atoms with E-state index in [2.05, 4.69) is 275 Å². The third-order valence-electron chi connectivity index (χ3n) is 14.1. The van der Waals surface area contributed by atoms with Crippen molar-refractivity contribution >= 4 is 110 Å². The number of anilines is 6. The first-order valence-corrected chi connectivity index (χ1v) is 23.9. The zero-order valence-corrected chi connectivity index (χ0v) is 38.1. The lowest BCUT2D eigenvalue weighted by molar-refractivity contribution is 0.671. The quantitative estimate of drug-likeness (QED) is 0.142. The molecule has 0 amide bonds. The summed E-state index contributed by atoms with van der Waals surface area (Å²) in [6.45, 7) is 0. The van der Waals surface area contributed by atoms with Gasteiger partial charge >= 0.3 is 0 Å². The minimum atomic E-state index is 0.851. The number of hydrogen-bond donors (Lipinski definition) is 0. The van der Waals surface area contributed by atoms with Gasteiger partial charge in [0, 0.05) is 61.4 Å². The van der Waals surface area contributed by atoms with Crippen LogP contribution in [0.4, 0.5) is 34.1 Å². The van der Waals surface area contributed by atoms with Gasteiger partial charge in [-0.15, -0.1) is 0 Å². The van der Waals surface area contributed by atoms with E-state index >= 15 is 0 Å². The van der Waals surface area contributed by atoms with Gasteiger partial charge in [0.2, 0.25) is 0 Å². The van der Waals surface area contributed by atoms with Crippen LogP contribution in [-0.2, 0) is 0 Å². The topological polar surface area (TPSA) is 24.6 Å². The lowest BCUT2D eigenvalue weighted by Crippen LogP contribution is -2.13. The van der Waals surface area contributed by atoms with Crippen LogP contribution in [0.1, 0.15) is 0 Å². The largest absolute Gasteiger partial charge is 0.454 e. The first-order chi connectivity index (χ1) is 34.7. The highest BCUT2D eigenvalue weighted by atomic mass is 16.3. The maximum atomic E-state index is 7.12. The van der Waals surface area contributed by atoms with E-state index in [-0.39, 0.29) is 0 Å². The molecule has 0 fully saturated rings. The molecule has 0 aliphatic carbocycles. The van der Waals surface area contributed by atoms with Gasteiger partial charge in [-0.25, -0.2) is 0 Å². The molecule has 4 heteroatoms. The molecule has 0 radical (unpaired) electrons. The van der Waals surface area contributed by atoms with E-state index in [1.807, 2.05) is 0 Å². The zero-order chi connectivity index (χ0) is 46.1. The van der Waals surface area contributed by atoms with Crippen LogP contribution in [0.3, 0.4) is 0 Å². The molecule has 2 heterocycles. The van der Waals surface area contributed by atoms with Crippen molar-refractivity contribution in [2.75, 3.05) is 9.80 Å². The Morgan fingerprint density at radius 3 is 1.34 bits per heavy atom. The molecule has 0 spiro atoms. The second-order valence-electron chi connectivity index (χ2n) is 18.0. The summed E-state index contributed by atoms with van der Waals surface area (Å²) in [4.78, 5) is 4.80. The van der Waals surface area contributed by atoms with Gasteiger partial charge in [-0.05, 0) is 141 Å². The van der Waals surface area contributed by atoms with Crippen LogP contribution >= 0.6 is 0 Å². The molecule has 0 saturated heterocycles. The van der Waals surface area contributed by atoms with Crippen molar-refractivity contribution < 1.29 is 4.42 Å². The molecule has 0 aliphatic heterocycles. The van der Waals surface area contributed by atoms with Crippen molar-refractivity contribution in [3.05, 3.63) is 261 Å². The fraction of sp³-hybridized carbons (Fsp3) is 0. The number of rotatable bonds is 8. The molecule has 0 bridgehead atoms. The molecule has 12 aromatic carbocycles. The molecule has 4 nitrogen and oxygen atoms in total. The molecule has 0 N–H and O–H groups in total. The lowest BCUT2D eigenvalue weighted by atomic mass is 9.93. The minimum absolute atomic E-state index is 0.851. The van der Waals surface area contributed by atoms with E-state index in [4.69, 9.17) is 4.42 Å². The monoisotopic (exact) mass is 893 g/mol. The number of fused-ring (bicyclic) bond motifs is 13. The number of benzene rings is 12. The summed E-state index contributed by atoms with van der Waals surface area (Å²) in [6, 6.07) is 94.2. The summed E-state index contributed by atoms with van der Waals surface area (Å²) < 4.78 is 9.49. The molecule has 0 atom stereocenters. The van der Waals surface area contributed by atoms with Crippen molar-refractivity contribution in [2.24, 2.45) is 0 Å². The highest BCUT2D eigenvalue weighted by Crippen LogP contribution is 2.49. The molecule has 2 aromatic heterocycles. The van der Waals surface area contributed by atoms with Gasteiger partial charge in [0.05, 0.1) is 11.0 Å². The van der Waals surface area contributed by atoms with Crippen LogP contribution in [0.25, 0.3) is 92.9 Å². The molecule has 14 rings (SSSR count). The van der Waals surface area contributed by atoms with Gasteiger partial charge in [0.15, 0.2) is 5.58 Å². The number of furan rings is 1. The summed E-state index contributed by atoms with van der Waals surface area (Å²) in [5.41, 5.74) is 13.4. The average Bonchev–Trinajstić information content (AvgIpc) is 3.99. The average molecular weight is 894 g/mol. The summed E-state index contributed by atoms with van der Waals surface area (Å²) >= 11 is 0. The standard InChI is InChI=1S/C66H43N3O/c1-5-21-45(22-6-1)67(46-23-7-2-8-24-46)50-39-44(59-43-61-57-33-17-19-35-62(57)69(48-27-11-4-12-28-48)65(61)66-64(59)58-34-18-20-36-63(58)70-66)40-51(41-50)68(47-25-9-3-10-26-47)49-37-38-56-54-31-14-13-29-52(54)53-30-15-16-32-55(53)60(56)42-49/h1-43H. The van der Waals surface area contributed by atoms with Crippen LogP contribution in [0.15, 0.2) is 265 Å². The van der Waals surface area contributed by atoms with E-state index in [0.29, 0.717) is 0 Å². The van der Waals surface area contributed by atoms with Crippen molar-refractivity contribution in [1.82, 2.24) is 4.57 Å². The van der Waals surface area contributed by atoms with Gasteiger partial charge in [-0.1, -0.05) is 164 Å². The normalized spacial score (nSPS) is 11.7. The number of para-hydroxylation sites is 6. The SMILES string of the molecule is c1ccc(N(c2ccccc2)c2cc(-c3cc4c5ccccc5n(-c5ccccc5)c4c4oc5ccccc5c34)cc(N(c3ccccc3)c3ccc4c5ccccc5c5ccccc5c4c3)c2)cc1. The molecular weight excluding hydrogens is 851 g/mol. The smallest absolute Gasteiger partial charge is 0.160 e. The Balaban J connectivity index is 1.11. The first-order valence-electron chi connectivity index (χ1n) is 23.9. The van der Waals surface area contributed by atoms with Crippen LogP contribution in [-0.4, -0.2) is 4.57 Å². The summed E-state index contributed by atoms with van der Waals surface area (Å²) in [5, 5.41) is 11.9. The second kappa shape index (κ2) is 16.2. The predicted molar refractivity (Wildman–Crippen MR) is 295 cm³/mol. The van der Waals surface area contributed by atoms with Gasteiger partial charge in [0.25, 0.3) is 0 Å². The summed E-state index contributed by atoms with van der Waals surface area (Å²) in [6.07, 6.45) is 0. The maximum Gasteiger partial charge on any atom is 0.160 e. The second-order valence-corrected chi connectivity index (χ2v) is 18.0. The third kappa shape index (κ3) is 6.31. The van der Waals surface area contributed by atoms with E-state index in [9.17, 15) is 0 Å². The maximum absolute atomic E-state index is 7.12. The van der Waals surface area contributed by atoms with E-state index in [0.717, 1.165) is 89.3 Å². The Morgan fingerprint density at radius 2 is 0.757 bits per heavy atom. The molecular formula is C66H43N3O. The first kappa shape index (κ1) is 39.8. The zero-order valence-electron chi connectivity index (χ0n) is 38.1. The fourth-order valence-corrected chi connectivity index (χ4v) is 11.1. The van der Waals surface area contributed by atoms with Gasteiger partial charge in [-0.3, -0.25) is 0 Å². The molecule has 0 saturated carbocycles. The van der Waals surface area contributed by atoms with Gasteiger partial charge in [-0.2, -0.15) is 0 Å². The van der Waals surface area contributed by atoms with E-state index in [1.165, 1.54) is 37.7 Å². The van der Waals surface area contributed by atoms with Crippen LogP contribution in [0.2, 0.25) is 0 Å². The number of aromatic nitrogens is 1. The molecule has 70 heavy (non-hydrogen) atoms. The predicted octanol–water partition coefficient (Wildman–Crippen LogP) is 18.7. The van der Waals surface area contributed by atoms with Gasteiger partial charge in [0.1, 0.15) is 5.58 Å². The Bertz CT molecular complexity index is 4220. The fourth-order valence-electron chi connectivity index (χ4n) is 11.1. The number of nitrogens with zero attached hydrogens (tertiary/aromatic N) is 3. The minimum Gasteiger partial charge on any atom is -0.454 e.